The number of aromatic carboxylic acids is 1. The standard InChI is InChI=1S/C26H28N4O5/c1-26(2,3)22(23(31)27-20-13-30(4)29-21(20)24(32)33)28-25(34)35-14-19-17-11-7-5-9-15(17)16-10-6-8-12-18(16)19/h5-13,19,22H,14H2,1-4H3,(H,27,31)(H,28,34)(H,32,33). The van der Waals surface area contributed by atoms with E-state index in [0.717, 1.165) is 22.3 Å². The number of carbonyl (C=O) groups is 3. The van der Waals surface area contributed by atoms with Crippen LogP contribution in [0, 0.1) is 5.41 Å². The molecule has 0 spiro atoms. The number of nitrogens with one attached hydrogen (secondary N) is 2. The maximum atomic E-state index is 13.1. The van der Waals surface area contributed by atoms with Crippen LogP contribution in [0.3, 0.4) is 0 Å². The summed E-state index contributed by atoms with van der Waals surface area (Å²) in [5.74, 6) is -1.94. The van der Waals surface area contributed by atoms with Crippen LogP contribution in [0.25, 0.3) is 11.1 Å². The third kappa shape index (κ3) is 4.89. The van der Waals surface area contributed by atoms with E-state index in [4.69, 9.17) is 4.74 Å². The average Bonchev–Trinajstić information content (AvgIpc) is 3.32. The molecule has 2 aromatic carbocycles. The summed E-state index contributed by atoms with van der Waals surface area (Å²) in [7, 11) is 1.55. The second-order valence-electron chi connectivity index (χ2n) is 9.63. The molecule has 0 saturated heterocycles. The molecule has 0 bridgehead atoms. The Morgan fingerprint density at radius 1 is 1.06 bits per heavy atom. The maximum absolute atomic E-state index is 13.1. The maximum Gasteiger partial charge on any atom is 0.407 e. The Balaban J connectivity index is 1.47. The molecule has 35 heavy (non-hydrogen) atoms. The van der Waals surface area contributed by atoms with Crippen molar-refractivity contribution in [1.82, 2.24) is 15.1 Å². The van der Waals surface area contributed by atoms with Crippen LogP contribution in [0.2, 0.25) is 0 Å². The van der Waals surface area contributed by atoms with E-state index < -0.39 is 29.4 Å². The number of hydrogen-bond acceptors (Lipinski definition) is 5. The number of hydrogen-bond donors (Lipinski definition) is 3. The van der Waals surface area contributed by atoms with Gasteiger partial charge in [-0.15, -0.1) is 0 Å². The van der Waals surface area contributed by atoms with Crippen molar-refractivity contribution in [1.29, 1.82) is 0 Å². The highest BCUT2D eigenvalue weighted by Crippen LogP contribution is 2.44. The Labute approximate surface area is 203 Å². The molecular formula is C26H28N4O5. The molecule has 1 aliphatic rings. The van der Waals surface area contributed by atoms with E-state index in [1.165, 1.54) is 10.9 Å². The van der Waals surface area contributed by atoms with Crippen molar-refractivity contribution in [3.05, 3.63) is 71.5 Å². The minimum Gasteiger partial charge on any atom is -0.476 e. The second kappa shape index (κ2) is 9.25. The first-order chi connectivity index (χ1) is 16.6. The third-order valence-corrected chi connectivity index (χ3v) is 6.02. The lowest BCUT2D eigenvalue weighted by molar-refractivity contribution is -0.120. The number of aryl methyl sites for hydroxylation is 1. The fraction of sp³-hybridized carbons (Fsp3) is 0.308. The first-order valence-electron chi connectivity index (χ1n) is 11.3. The molecule has 1 heterocycles. The number of nitrogens with zero attached hydrogens (tertiary/aromatic N) is 2. The molecule has 182 valence electrons. The Kier molecular flexibility index (Phi) is 6.34. The van der Waals surface area contributed by atoms with Crippen molar-refractivity contribution >= 4 is 23.7 Å². The number of anilines is 1. The van der Waals surface area contributed by atoms with Gasteiger partial charge in [0.25, 0.3) is 0 Å². The fourth-order valence-electron chi connectivity index (χ4n) is 4.38. The summed E-state index contributed by atoms with van der Waals surface area (Å²) in [6.45, 7) is 5.50. The molecule has 1 atom stereocenters. The lowest BCUT2D eigenvalue weighted by Gasteiger charge is -2.30. The van der Waals surface area contributed by atoms with Crippen LogP contribution in [-0.2, 0) is 16.6 Å². The molecule has 2 amide bonds. The summed E-state index contributed by atoms with van der Waals surface area (Å²) in [5, 5.41) is 18.4. The fourth-order valence-corrected chi connectivity index (χ4v) is 4.38. The van der Waals surface area contributed by atoms with Gasteiger partial charge in [0.15, 0.2) is 5.69 Å². The highest BCUT2D eigenvalue weighted by atomic mass is 16.5. The molecule has 3 N–H and O–H groups in total. The highest BCUT2D eigenvalue weighted by Gasteiger charge is 2.35. The molecule has 1 unspecified atom stereocenters. The number of carbonyl (C=O) groups excluding carboxylic acids is 2. The molecule has 9 heteroatoms. The van der Waals surface area contributed by atoms with Gasteiger partial charge in [-0.05, 0) is 27.7 Å². The van der Waals surface area contributed by atoms with E-state index in [1.807, 2.05) is 36.4 Å². The topological polar surface area (TPSA) is 123 Å². The molecule has 0 saturated carbocycles. The molecule has 3 aromatic rings. The molecule has 0 aliphatic heterocycles. The van der Waals surface area contributed by atoms with E-state index in [0.29, 0.717) is 0 Å². The van der Waals surface area contributed by atoms with E-state index in [-0.39, 0.29) is 23.9 Å². The SMILES string of the molecule is Cn1cc(NC(=O)C(NC(=O)OCC2c3ccccc3-c3ccccc32)C(C)(C)C)c(C(=O)O)n1. The normalized spacial score (nSPS) is 13.5. The Hall–Kier alpha value is -4.14. The van der Waals surface area contributed by atoms with Crippen molar-refractivity contribution in [3.8, 4) is 11.1 Å². The molecule has 0 fully saturated rings. The monoisotopic (exact) mass is 476 g/mol. The Morgan fingerprint density at radius 2 is 1.63 bits per heavy atom. The summed E-state index contributed by atoms with van der Waals surface area (Å²) in [5.41, 5.74) is 3.50. The van der Waals surface area contributed by atoms with Crippen LogP contribution in [0.15, 0.2) is 54.7 Å². The van der Waals surface area contributed by atoms with Crippen molar-refractivity contribution in [3.63, 3.8) is 0 Å². The summed E-state index contributed by atoms with van der Waals surface area (Å²) in [6.07, 6.45) is 0.667. The number of alkyl carbamates (subject to hydrolysis) is 1. The van der Waals surface area contributed by atoms with Crippen LogP contribution in [0.1, 0.15) is 48.3 Å². The minimum absolute atomic E-state index is 0.0496. The van der Waals surface area contributed by atoms with Crippen LogP contribution in [0.4, 0.5) is 10.5 Å². The van der Waals surface area contributed by atoms with Crippen molar-refractivity contribution in [2.24, 2.45) is 12.5 Å². The van der Waals surface area contributed by atoms with Gasteiger partial charge in [0.2, 0.25) is 5.91 Å². The molecule has 1 aliphatic carbocycles. The van der Waals surface area contributed by atoms with Crippen molar-refractivity contribution < 1.29 is 24.2 Å². The number of amides is 2. The summed E-state index contributed by atoms with van der Waals surface area (Å²) >= 11 is 0. The number of benzene rings is 2. The number of rotatable bonds is 6. The minimum atomic E-state index is -1.27. The van der Waals surface area contributed by atoms with Gasteiger partial charge in [0, 0.05) is 19.2 Å². The number of aromatic nitrogens is 2. The van der Waals surface area contributed by atoms with E-state index >= 15 is 0 Å². The summed E-state index contributed by atoms with van der Waals surface area (Å²) < 4.78 is 6.89. The van der Waals surface area contributed by atoms with Gasteiger partial charge in [-0.2, -0.15) is 5.10 Å². The van der Waals surface area contributed by atoms with Gasteiger partial charge in [-0.25, -0.2) is 9.59 Å². The van der Waals surface area contributed by atoms with E-state index in [2.05, 4.69) is 27.9 Å². The number of carboxylic acid groups (broad SMARTS) is 1. The number of carboxylic acids is 1. The summed E-state index contributed by atoms with van der Waals surface area (Å²) in [6, 6.07) is 15.1. The Morgan fingerprint density at radius 3 is 2.17 bits per heavy atom. The quantitative estimate of drug-likeness (QED) is 0.494. The van der Waals surface area contributed by atoms with E-state index in [9.17, 15) is 19.5 Å². The van der Waals surface area contributed by atoms with Crippen LogP contribution < -0.4 is 10.6 Å². The van der Waals surface area contributed by atoms with Gasteiger partial charge in [0.05, 0.1) is 5.69 Å². The zero-order valence-corrected chi connectivity index (χ0v) is 20.0. The van der Waals surface area contributed by atoms with Gasteiger partial charge in [0.1, 0.15) is 12.6 Å². The van der Waals surface area contributed by atoms with Gasteiger partial charge >= 0.3 is 12.1 Å². The zero-order valence-electron chi connectivity index (χ0n) is 20.0. The van der Waals surface area contributed by atoms with Crippen molar-refractivity contribution in [2.75, 3.05) is 11.9 Å². The average molecular weight is 477 g/mol. The Bertz CT molecular complexity index is 1250. The largest absolute Gasteiger partial charge is 0.476 e. The first kappa shape index (κ1) is 24.0. The van der Waals surface area contributed by atoms with Crippen LogP contribution in [-0.4, -0.2) is 45.5 Å². The molecule has 1 aromatic heterocycles. The second-order valence-corrected chi connectivity index (χ2v) is 9.63. The zero-order chi connectivity index (χ0) is 25.3. The van der Waals surface area contributed by atoms with E-state index in [1.54, 1.807) is 27.8 Å². The molecule has 4 rings (SSSR count). The van der Waals surface area contributed by atoms with Gasteiger partial charge in [-0.3, -0.25) is 9.48 Å². The lowest BCUT2D eigenvalue weighted by atomic mass is 9.86. The van der Waals surface area contributed by atoms with Gasteiger partial charge < -0.3 is 20.5 Å². The lowest BCUT2D eigenvalue weighted by Crippen LogP contribution is -2.51. The summed E-state index contributed by atoms with van der Waals surface area (Å²) in [4.78, 5) is 37.3. The molecule has 9 nitrogen and oxygen atoms in total. The van der Waals surface area contributed by atoms with Crippen molar-refractivity contribution in [2.45, 2.75) is 32.7 Å². The third-order valence-electron chi connectivity index (χ3n) is 6.02. The van der Waals surface area contributed by atoms with Gasteiger partial charge in [-0.1, -0.05) is 69.3 Å². The smallest absolute Gasteiger partial charge is 0.407 e. The predicted octanol–water partition coefficient (Wildman–Crippen LogP) is 4.01. The number of fused-ring (bicyclic) bond motifs is 3. The predicted molar refractivity (Wildman–Crippen MR) is 130 cm³/mol. The van der Waals surface area contributed by atoms with Crippen LogP contribution >= 0.6 is 0 Å². The van der Waals surface area contributed by atoms with Crippen LogP contribution in [0.5, 0.6) is 0 Å². The first-order valence-corrected chi connectivity index (χ1v) is 11.3. The molecular weight excluding hydrogens is 448 g/mol. The highest BCUT2D eigenvalue weighted by molar-refractivity contribution is 6.02. The molecule has 0 radical (unpaired) electrons. The number of ether oxygens (including phenoxy) is 1.